The molecule has 0 aromatic heterocycles. The highest BCUT2D eigenvalue weighted by Gasteiger charge is 2.12. The molecule has 0 spiro atoms. The van der Waals surface area contributed by atoms with E-state index >= 15 is 0 Å². The van der Waals surface area contributed by atoms with E-state index < -0.39 is 0 Å². The first-order valence-electron chi connectivity index (χ1n) is 8.17. The van der Waals surface area contributed by atoms with Crippen LogP contribution < -0.4 is 0 Å². The van der Waals surface area contributed by atoms with Gasteiger partial charge in [0.1, 0.15) is 0 Å². The number of carbonyl (C=O) groups is 1. The van der Waals surface area contributed by atoms with Crippen molar-refractivity contribution in [3.63, 3.8) is 0 Å². The average Bonchev–Trinajstić information content (AvgIpc) is 2.44. The van der Waals surface area contributed by atoms with Gasteiger partial charge in [-0.2, -0.15) is 0 Å². The Bertz CT molecular complexity index is 460. The molecule has 0 aliphatic heterocycles. The third-order valence-corrected chi connectivity index (χ3v) is 3.71. The number of ketones is 1. The van der Waals surface area contributed by atoms with E-state index in [0.717, 1.165) is 24.9 Å². The molecule has 0 amide bonds. The fraction of sp³-hybridized carbons (Fsp3) is 0.579. The van der Waals surface area contributed by atoms with Crippen LogP contribution in [0.3, 0.4) is 0 Å². The molecule has 2 nitrogen and oxygen atoms in total. The Morgan fingerprint density at radius 1 is 1.10 bits per heavy atom. The van der Waals surface area contributed by atoms with E-state index in [4.69, 9.17) is 0 Å². The number of aliphatic imine (C=N–C) groups is 1. The van der Waals surface area contributed by atoms with Gasteiger partial charge in [0.25, 0.3) is 0 Å². The molecule has 0 atom stereocenters. The van der Waals surface area contributed by atoms with E-state index in [1.54, 1.807) is 0 Å². The molecule has 21 heavy (non-hydrogen) atoms. The summed E-state index contributed by atoms with van der Waals surface area (Å²) in [5.74, 6) is 0.953. The van der Waals surface area contributed by atoms with Crippen LogP contribution in [0.15, 0.2) is 23.2 Å². The lowest BCUT2D eigenvalue weighted by Crippen LogP contribution is -2.00. The van der Waals surface area contributed by atoms with Crippen molar-refractivity contribution in [1.29, 1.82) is 0 Å². The third-order valence-electron chi connectivity index (χ3n) is 3.71. The summed E-state index contributed by atoms with van der Waals surface area (Å²) in [4.78, 5) is 16.5. The smallest absolute Gasteiger partial charge is 0.173 e. The van der Waals surface area contributed by atoms with E-state index in [9.17, 15) is 4.79 Å². The summed E-state index contributed by atoms with van der Waals surface area (Å²) in [5, 5.41) is 0. The zero-order valence-corrected chi connectivity index (χ0v) is 14.1. The molecule has 0 aliphatic carbocycles. The van der Waals surface area contributed by atoms with Crippen LogP contribution in [-0.2, 0) is 4.79 Å². The van der Waals surface area contributed by atoms with E-state index in [0.29, 0.717) is 18.3 Å². The van der Waals surface area contributed by atoms with E-state index in [-0.39, 0.29) is 5.78 Å². The Labute approximate surface area is 129 Å². The standard InChI is InChI=1S/C19H29NO/c1-6-7-8-10-16(21)13-20-19-17(14(2)3)11-9-12-18(19)15(4)5/h9,11-15H,6-8,10H2,1-5H3. The van der Waals surface area contributed by atoms with E-state index in [1.165, 1.54) is 17.3 Å². The number of rotatable bonds is 8. The zero-order valence-electron chi connectivity index (χ0n) is 14.1. The van der Waals surface area contributed by atoms with Gasteiger partial charge in [-0.1, -0.05) is 65.7 Å². The highest BCUT2D eigenvalue weighted by atomic mass is 16.1. The van der Waals surface area contributed by atoms with Gasteiger partial charge in [0.05, 0.1) is 11.9 Å². The summed E-state index contributed by atoms with van der Waals surface area (Å²) in [6, 6.07) is 6.32. The van der Waals surface area contributed by atoms with Gasteiger partial charge in [-0.3, -0.25) is 9.79 Å². The molecule has 0 saturated carbocycles. The van der Waals surface area contributed by atoms with Crippen molar-refractivity contribution in [2.24, 2.45) is 4.99 Å². The monoisotopic (exact) mass is 287 g/mol. The number of hydrogen-bond donors (Lipinski definition) is 0. The molecule has 0 fully saturated rings. The number of Topliss-reactive ketones (excluding diaryl/α,β-unsaturated/α-hetero) is 1. The third kappa shape index (κ3) is 5.45. The van der Waals surface area contributed by atoms with Crippen LogP contribution in [0, 0.1) is 0 Å². The second kappa shape index (κ2) is 8.76. The zero-order chi connectivity index (χ0) is 15.8. The second-order valence-electron chi connectivity index (χ2n) is 6.28. The normalized spacial score (nSPS) is 11.8. The van der Waals surface area contributed by atoms with Crippen molar-refractivity contribution in [3.05, 3.63) is 29.3 Å². The molecule has 0 bridgehead atoms. The molecule has 0 radical (unpaired) electrons. The summed E-state index contributed by atoms with van der Waals surface area (Å²) in [6.07, 6.45) is 5.35. The second-order valence-corrected chi connectivity index (χ2v) is 6.28. The Morgan fingerprint density at radius 3 is 2.14 bits per heavy atom. The minimum absolute atomic E-state index is 0.136. The number of unbranched alkanes of at least 4 members (excludes halogenated alkanes) is 2. The van der Waals surface area contributed by atoms with Crippen LogP contribution in [0.4, 0.5) is 5.69 Å². The summed E-state index contributed by atoms with van der Waals surface area (Å²) >= 11 is 0. The summed E-state index contributed by atoms with van der Waals surface area (Å²) in [7, 11) is 0. The first-order chi connectivity index (χ1) is 9.97. The Morgan fingerprint density at radius 2 is 1.67 bits per heavy atom. The molecule has 1 aromatic rings. The maximum atomic E-state index is 11.9. The maximum absolute atomic E-state index is 11.9. The van der Waals surface area contributed by atoms with Crippen molar-refractivity contribution in [3.8, 4) is 0 Å². The van der Waals surface area contributed by atoms with Crippen LogP contribution in [0.5, 0.6) is 0 Å². The predicted octanol–water partition coefficient (Wildman–Crippen LogP) is 5.79. The van der Waals surface area contributed by atoms with Crippen LogP contribution >= 0.6 is 0 Å². The minimum atomic E-state index is 0.136. The molecule has 0 aliphatic rings. The molecule has 0 saturated heterocycles. The van der Waals surface area contributed by atoms with E-state index in [1.807, 2.05) is 0 Å². The lowest BCUT2D eigenvalue weighted by atomic mass is 9.93. The molecule has 1 rings (SSSR count). The summed E-state index contributed by atoms with van der Waals surface area (Å²) < 4.78 is 0. The molecule has 0 heterocycles. The highest BCUT2D eigenvalue weighted by Crippen LogP contribution is 2.34. The van der Waals surface area contributed by atoms with Gasteiger partial charge in [-0.25, -0.2) is 0 Å². The minimum Gasteiger partial charge on any atom is -0.293 e. The summed E-state index contributed by atoms with van der Waals surface area (Å²) in [6.45, 7) is 10.8. The largest absolute Gasteiger partial charge is 0.293 e. The molecule has 116 valence electrons. The highest BCUT2D eigenvalue weighted by molar-refractivity contribution is 6.28. The van der Waals surface area contributed by atoms with Gasteiger partial charge in [0.15, 0.2) is 5.78 Å². The van der Waals surface area contributed by atoms with Gasteiger partial charge in [0, 0.05) is 6.42 Å². The molecule has 0 unspecified atom stereocenters. The number of para-hydroxylation sites is 1. The van der Waals surface area contributed by atoms with Crippen molar-refractivity contribution < 1.29 is 4.79 Å². The van der Waals surface area contributed by atoms with Crippen LogP contribution in [-0.4, -0.2) is 12.0 Å². The number of benzene rings is 1. The Balaban J connectivity index is 2.97. The van der Waals surface area contributed by atoms with Crippen molar-refractivity contribution in [2.45, 2.75) is 72.1 Å². The molecular weight excluding hydrogens is 258 g/mol. The molecule has 0 N–H and O–H groups in total. The van der Waals surface area contributed by atoms with Crippen LogP contribution in [0.1, 0.15) is 83.3 Å². The lowest BCUT2D eigenvalue weighted by molar-refractivity contribution is -0.112. The van der Waals surface area contributed by atoms with Crippen molar-refractivity contribution >= 4 is 17.7 Å². The van der Waals surface area contributed by atoms with Crippen LogP contribution in [0.25, 0.3) is 0 Å². The lowest BCUT2D eigenvalue weighted by Gasteiger charge is -2.16. The number of carbonyl (C=O) groups excluding carboxylic acids is 1. The number of hydrogen-bond acceptors (Lipinski definition) is 2. The molecular formula is C19H29NO. The van der Waals surface area contributed by atoms with Gasteiger partial charge in [0.2, 0.25) is 0 Å². The quantitative estimate of drug-likeness (QED) is 0.440. The predicted molar refractivity (Wildman–Crippen MR) is 91.9 cm³/mol. The fourth-order valence-corrected chi connectivity index (χ4v) is 2.41. The van der Waals surface area contributed by atoms with E-state index in [2.05, 4.69) is 57.8 Å². The maximum Gasteiger partial charge on any atom is 0.173 e. The first kappa shape index (κ1) is 17.6. The van der Waals surface area contributed by atoms with Gasteiger partial charge < -0.3 is 0 Å². The van der Waals surface area contributed by atoms with Crippen molar-refractivity contribution in [2.75, 3.05) is 0 Å². The topological polar surface area (TPSA) is 29.4 Å². The van der Waals surface area contributed by atoms with Crippen LogP contribution in [0.2, 0.25) is 0 Å². The first-order valence-corrected chi connectivity index (χ1v) is 8.17. The molecule has 1 aromatic carbocycles. The summed E-state index contributed by atoms with van der Waals surface area (Å²) in [5.41, 5.74) is 3.43. The van der Waals surface area contributed by atoms with Gasteiger partial charge in [-0.15, -0.1) is 0 Å². The fourth-order valence-electron chi connectivity index (χ4n) is 2.41. The SMILES string of the molecule is CCCCCC(=O)C=Nc1c(C(C)C)cccc1C(C)C. The Kier molecular flexibility index (Phi) is 7.35. The Hall–Kier alpha value is -1.44. The van der Waals surface area contributed by atoms with Crippen molar-refractivity contribution in [1.82, 2.24) is 0 Å². The van der Waals surface area contributed by atoms with Gasteiger partial charge in [-0.05, 0) is 29.4 Å². The average molecular weight is 287 g/mol. The van der Waals surface area contributed by atoms with Gasteiger partial charge >= 0.3 is 0 Å². The molecule has 2 heteroatoms. The number of nitrogens with zero attached hydrogens (tertiary/aromatic N) is 1.